The van der Waals surface area contributed by atoms with Gasteiger partial charge in [-0.1, -0.05) is 11.6 Å². The highest BCUT2D eigenvalue weighted by Crippen LogP contribution is 2.29. The lowest BCUT2D eigenvalue weighted by Gasteiger charge is -2.20. The van der Waals surface area contributed by atoms with Gasteiger partial charge in [-0.25, -0.2) is 0 Å². The maximum absolute atomic E-state index is 6.01. The predicted molar refractivity (Wildman–Crippen MR) is 78.8 cm³/mol. The maximum atomic E-state index is 6.01. The molecule has 0 unspecified atom stereocenters. The molecule has 0 amide bonds. The second-order valence-electron chi connectivity index (χ2n) is 3.99. The molecule has 0 aliphatic heterocycles. The van der Waals surface area contributed by atoms with Crippen LogP contribution in [0.2, 0.25) is 4.34 Å². The van der Waals surface area contributed by atoms with Crippen LogP contribution in [0, 0.1) is 0 Å². The zero-order valence-corrected chi connectivity index (χ0v) is 11.9. The molecule has 0 aliphatic carbocycles. The third-order valence-corrected chi connectivity index (χ3v) is 3.88. The van der Waals surface area contributed by atoms with Crippen molar-refractivity contribution in [3.63, 3.8) is 0 Å². The van der Waals surface area contributed by atoms with Crippen molar-refractivity contribution < 1.29 is 4.74 Å². The summed E-state index contributed by atoms with van der Waals surface area (Å²) in [4.78, 5) is 3.30. The molecule has 2 N–H and O–H groups in total. The van der Waals surface area contributed by atoms with Gasteiger partial charge in [-0.2, -0.15) is 0 Å². The summed E-state index contributed by atoms with van der Waals surface area (Å²) in [6.45, 7) is 0.786. The Morgan fingerprint density at radius 3 is 2.67 bits per heavy atom. The van der Waals surface area contributed by atoms with Crippen LogP contribution in [0.3, 0.4) is 0 Å². The molecule has 0 aliphatic rings. The standard InChI is InChI=1S/C13H15ClN2OS/c1-16(8-10-4-6-13(14)18-10)12-5-3-9(17-2)7-11(12)15/h3-7H,8,15H2,1-2H3. The van der Waals surface area contributed by atoms with Gasteiger partial charge in [0.25, 0.3) is 0 Å². The normalized spacial score (nSPS) is 10.4. The van der Waals surface area contributed by atoms with Crippen LogP contribution in [-0.2, 0) is 6.54 Å². The number of thiophene rings is 1. The number of methoxy groups -OCH3 is 1. The summed E-state index contributed by atoms with van der Waals surface area (Å²) in [7, 11) is 3.64. The SMILES string of the molecule is COc1ccc(N(C)Cc2ccc(Cl)s2)c(N)c1. The zero-order valence-electron chi connectivity index (χ0n) is 10.3. The lowest BCUT2D eigenvalue weighted by molar-refractivity contribution is 0.415. The minimum Gasteiger partial charge on any atom is -0.497 e. The molecule has 3 nitrogen and oxygen atoms in total. The molecule has 0 fully saturated rings. The van der Waals surface area contributed by atoms with E-state index in [-0.39, 0.29) is 0 Å². The summed E-state index contributed by atoms with van der Waals surface area (Å²) >= 11 is 7.50. The van der Waals surface area contributed by atoms with Crippen LogP contribution in [0.1, 0.15) is 4.88 Å². The number of hydrogen-bond donors (Lipinski definition) is 1. The summed E-state index contributed by atoms with van der Waals surface area (Å²) in [6, 6.07) is 9.64. The van der Waals surface area contributed by atoms with Crippen LogP contribution in [0.4, 0.5) is 11.4 Å². The van der Waals surface area contributed by atoms with E-state index in [2.05, 4.69) is 4.90 Å². The van der Waals surface area contributed by atoms with Crippen LogP contribution < -0.4 is 15.4 Å². The Morgan fingerprint density at radius 2 is 2.11 bits per heavy atom. The molecule has 1 aromatic heterocycles. The van der Waals surface area contributed by atoms with E-state index in [0.717, 1.165) is 22.3 Å². The van der Waals surface area contributed by atoms with Crippen molar-refractivity contribution >= 4 is 34.3 Å². The molecule has 0 saturated carbocycles. The van der Waals surface area contributed by atoms with Gasteiger partial charge in [0.2, 0.25) is 0 Å². The molecule has 2 rings (SSSR count). The number of halogens is 1. The Hall–Kier alpha value is -1.39. The van der Waals surface area contributed by atoms with Crippen molar-refractivity contribution in [2.75, 3.05) is 24.8 Å². The van der Waals surface area contributed by atoms with Gasteiger partial charge in [0.1, 0.15) is 5.75 Å². The molecule has 5 heteroatoms. The fourth-order valence-corrected chi connectivity index (χ4v) is 2.90. The number of rotatable bonds is 4. The van der Waals surface area contributed by atoms with E-state index in [1.54, 1.807) is 18.4 Å². The van der Waals surface area contributed by atoms with Crippen molar-refractivity contribution in [3.05, 3.63) is 39.5 Å². The summed E-state index contributed by atoms with van der Waals surface area (Å²) in [5.41, 5.74) is 7.71. The Balaban J connectivity index is 2.15. The average molecular weight is 283 g/mol. The molecule has 0 atom stereocenters. The maximum Gasteiger partial charge on any atom is 0.121 e. The summed E-state index contributed by atoms with van der Waals surface area (Å²) in [5.74, 6) is 0.767. The van der Waals surface area contributed by atoms with E-state index in [1.165, 1.54) is 4.88 Å². The second-order valence-corrected chi connectivity index (χ2v) is 5.79. The molecule has 96 valence electrons. The van der Waals surface area contributed by atoms with Crippen molar-refractivity contribution in [2.24, 2.45) is 0 Å². The first-order valence-corrected chi connectivity index (χ1v) is 6.68. The summed E-state index contributed by atoms with van der Waals surface area (Å²) in [5, 5.41) is 0. The Labute approximate surface area is 116 Å². The van der Waals surface area contributed by atoms with Gasteiger partial charge >= 0.3 is 0 Å². The zero-order chi connectivity index (χ0) is 13.1. The molecule has 0 saturated heterocycles. The highest BCUT2D eigenvalue weighted by molar-refractivity contribution is 7.16. The molecular formula is C13H15ClN2OS. The smallest absolute Gasteiger partial charge is 0.121 e. The van der Waals surface area contributed by atoms with Crippen molar-refractivity contribution in [1.29, 1.82) is 0 Å². The van der Waals surface area contributed by atoms with E-state index in [1.807, 2.05) is 37.4 Å². The van der Waals surface area contributed by atoms with E-state index in [0.29, 0.717) is 5.69 Å². The summed E-state index contributed by atoms with van der Waals surface area (Å²) in [6.07, 6.45) is 0. The fourth-order valence-electron chi connectivity index (χ4n) is 1.76. The van der Waals surface area contributed by atoms with Crippen LogP contribution >= 0.6 is 22.9 Å². The quantitative estimate of drug-likeness (QED) is 0.871. The third kappa shape index (κ3) is 2.89. The average Bonchev–Trinajstić information content (AvgIpc) is 2.74. The Bertz CT molecular complexity index is 542. The molecule has 18 heavy (non-hydrogen) atoms. The molecule has 0 spiro atoms. The number of nitrogen functional groups attached to an aromatic ring is 1. The third-order valence-electron chi connectivity index (χ3n) is 2.67. The van der Waals surface area contributed by atoms with Crippen LogP contribution in [0.15, 0.2) is 30.3 Å². The number of nitrogens with two attached hydrogens (primary N) is 1. The molecule has 1 heterocycles. The lowest BCUT2D eigenvalue weighted by Crippen LogP contribution is -2.17. The van der Waals surface area contributed by atoms with E-state index in [9.17, 15) is 0 Å². The molecule has 0 radical (unpaired) electrons. The number of anilines is 2. The van der Waals surface area contributed by atoms with Gasteiger partial charge in [0.05, 0.1) is 29.4 Å². The van der Waals surface area contributed by atoms with Crippen molar-refractivity contribution in [2.45, 2.75) is 6.54 Å². The molecule has 2 aromatic rings. The van der Waals surface area contributed by atoms with Gasteiger partial charge in [-0.15, -0.1) is 11.3 Å². The number of nitrogens with zero attached hydrogens (tertiary/aromatic N) is 1. The first kappa shape index (κ1) is 13.1. The number of hydrogen-bond acceptors (Lipinski definition) is 4. The first-order valence-electron chi connectivity index (χ1n) is 5.49. The van der Waals surface area contributed by atoms with E-state index >= 15 is 0 Å². The van der Waals surface area contributed by atoms with Crippen molar-refractivity contribution in [3.8, 4) is 5.75 Å². The van der Waals surface area contributed by atoms with Gasteiger partial charge in [-0.05, 0) is 24.3 Å². The molecular weight excluding hydrogens is 268 g/mol. The topological polar surface area (TPSA) is 38.5 Å². The Morgan fingerprint density at radius 1 is 1.33 bits per heavy atom. The van der Waals surface area contributed by atoms with E-state index in [4.69, 9.17) is 22.1 Å². The van der Waals surface area contributed by atoms with Crippen molar-refractivity contribution in [1.82, 2.24) is 0 Å². The lowest BCUT2D eigenvalue weighted by atomic mass is 10.2. The first-order chi connectivity index (χ1) is 8.60. The number of benzene rings is 1. The van der Waals surface area contributed by atoms with Crippen LogP contribution in [0.5, 0.6) is 5.75 Å². The van der Waals surface area contributed by atoms with Crippen LogP contribution in [-0.4, -0.2) is 14.2 Å². The molecule has 0 bridgehead atoms. The largest absolute Gasteiger partial charge is 0.497 e. The number of ether oxygens (including phenoxy) is 1. The minimum absolute atomic E-state index is 0.708. The summed E-state index contributed by atoms with van der Waals surface area (Å²) < 4.78 is 5.94. The fraction of sp³-hybridized carbons (Fsp3) is 0.231. The van der Waals surface area contributed by atoms with Gasteiger partial charge in [0, 0.05) is 18.0 Å². The molecule has 1 aromatic carbocycles. The monoisotopic (exact) mass is 282 g/mol. The van der Waals surface area contributed by atoms with E-state index < -0.39 is 0 Å². The highest BCUT2D eigenvalue weighted by atomic mass is 35.5. The van der Waals surface area contributed by atoms with Gasteiger partial charge < -0.3 is 15.4 Å². The Kier molecular flexibility index (Phi) is 3.99. The van der Waals surface area contributed by atoms with Gasteiger partial charge in [-0.3, -0.25) is 0 Å². The van der Waals surface area contributed by atoms with Crippen LogP contribution in [0.25, 0.3) is 0 Å². The minimum atomic E-state index is 0.708. The highest BCUT2D eigenvalue weighted by Gasteiger charge is 2.08. The predicted octanol–water partition coefficient (Wildman–Crippen LogP) is 3.63. The second kappa shape index (κ2) is 5.50. The van der Waals surface area contributed by atoms with Gasteiger partial charge in [0.15, 0.2) is 0 Å².